The Hall–Kier alpha value is -2.50. The summed E-state index contributed by atoms with van der Waals surface area (Å²) in [6.45, 7) is 1.71. The number of ether oxygens (including phenoxy) is 1. The predicted molar refractivity (Wildman–Crippen MR) is 101 cm³/mol. The molecule has 0 saturated carbocycles. The number of hydrogen-bond donors (Lipinski definition) is 1. The molecule has 0 saturated heterocycles. The van der Waals surface area contributed by atoms with Gasteiger partial charge in [0, 0.05) is 21.7 Å². The summed E-state index contributed by atoms with van der Waals surface area (Å²) in [6.07, 6.45) is -0.214. The Balaban J connectivity index is 2.28. The molecule has 2 aromatic carbocycles. The van der Waals surface area contributed by atoms with E-state index in [2.05, 4.69) is 0 Å². The molecule has 0 aliphatic rings. The average molecular weight is 392 g/mol. The van der Waals surface area contributed by atoms with Crippen molar-refractivity contribution in [3.05, 3.63) is 63.3 Å². The summed E-state index contributed by atoms with van der Waals surface area (Å²) >= 11 is 12.1. The van der Waals surface area contributed by atoms with Gasteiger partial charge in [0.1, 0.15) is 5.75 Å². The molecule has 1 aromatic heterocycles. The first kappa shape index (κ1) is 18.3. The van der Waals surface area contributed by atoms with Crippen LogP contribution in [0.1, 0.15) is 21.6 Å². The largest absolute Gasteiger partial charge is 0.495 e. The van der Waals surface area contributed by atoms with Gasteiger partial charge in [-0.3, -0.25) is 14.2 Å². The monoisotopic (exact) mass is 391 g/mol. The summed E-state index contributed by atoms with van der Waals surface area (Å²) in [4.78, 5) is 24.4. The third kappa shape index (κ3) is 3.16. The second-order valence-electron chi connectivity index (χ2n) is 5.79. The number of benzene rings is 2. The van der Waals surface area contributed by atoms with Crippen LogP contribution >= 0.6 is 23.2 Å². The first-order valence-electron chi connectivity index (χ1n) is 7.73. The molecule has 7 heteroatoms. The standard InChI is InChI=1S/C19H15Cl2NO4/c1-10-13(8-18(23)24)14-7-17(26-2)15(21)9-16(14)22(10)19(25)11-3-5-12(20)6-4-11/h3-7,9H,8H2,1-2H3,(H,23,24). The van der Waals surface area contributed by atoms with Crippen LogP contribution in [0, 0.1) is 6.92 Å². The fourth-order valence-electron chi connectivity index (χ4n) is 2.99. The Bertz CT molecular complexity index is 1020. The van der Waals surface area contributed by atoms with Gasteiger partial charge in [-0.1, -0.05) is 23.2 Å². The van der Waals surface area contributed by atoms with Crippen molar-refractivity contribution in [1.29, 1.82) is 0 Å². The number of rotatable bonds is 4. The van der Waals surface area contributed by atoms with E-state index in [1.54, 1.807) is 43.3 Å². The van der Waals surface area contributed by atoms with Crippen molar-refractivity contribution >= 4 is 46.0 Å². The fraction of sp³-hybridized carbons (Fsp3) is 0.158. The number of hydrogen-bond acceptors (Lipinski definition) is 3. The minimum Gasteiger partial charge on any atom is -0.495 e. The van der Waals surface area contributed by atoms with E-state index in [1.807, 2.05) is 0 Å². The third-order valence-electron chi connectivity index (χ3n) is 4.23. The van der Waals surface area contributed by atoms with Gasteiger partial charge < -0.3 is 9.84 Å². The Morgan fingerprint density at radius 3 is 2.38 bits per heavy atom. The van der Waals surface area contributed by atoms with Crippen LogP contribution < -0.4 is 4.74 Å². The SMILES string of the molecule is COc1cc2c(CC(=O)O)c(C)n(C(=O)c3ccc(Cl)cc3)c2cc1Cl. The number of methoxy groups -OCH3 is 1. The molecule has 0 fully saturated rings. The molecule has 134 valence electrons. The molecular formula is C19H15Cl2NO4. The summed E-state index contributed by atoms with van der Waals surface area (Å²) in [5, 5.41) is 10.7. The van der Waals surface area contributed by atoms with Crippen molar-refractivity contribution in [3.63, 3.8) is 0 Å². The van der Waals surface area contributed by atoms with E-state index < -0.39 is 5.97 Å². The minimum absolute atomic E-state index is 0.214. The molecule has 0 spiro atoms. The maximum absolute atomic E-state index is 13.1. The number of halogens is 2. The minimum atomic E-state index is -0.986. The van der Waals surface area contributed by atoms with Gasteiger partial charge in [-0.15, -0.1) is 0 Å². The molecule has 0 radical (unpaired) electrons. The van der Waals surface area contributed by atoms with Gasteiger partial charge in [-0.2, -0.15) is 0 Å². The van der Waals surface area contributed by atoms with Gasteiger partial charge in [-0.25, -0.2) is 0 Å². The molecule has 0 atom stereocenters. The third-order valence-corrected chi connectivity index (χ3v) is 4.78. The molecule has 0 unspecified atom stereocenters. The zero-order valence-electron chi connectivity index (χ0n) is 14.0. The number of fused-ring (bicyclic) bond motifs is 1. The average Bonchev–Trinajstić information content (AvgIpc) is 2.85. The van der Waals surface area contributed by atoms with E-state index >= 15 is 0 Å². The lowest BCUT2D eigenvalue weighted by atomic mass is 10.1. The number of aromatic nitrogens is 1. The molecule has 1 N–H and O–H groups in total. The van der Waals surface area contributed by atoms with Gasteiger partial charge in [0.2, 0.25) is 0 Å². The lowest BCUT2D eigenvalue weighted by Gasteiger charge is -2.08. The lowest BCUT2D eigenvalue weighted by Crippen LogP contribution is -2.14. The van der Waals surface area contributed by atoms with Gasteiger partial charge >= 0.3 is 5.97 Å². The van der Waals surface area contributed by atoms with Crippen LogP contribution in [-0.2, 0) is 11.2 Å². The smallest absolute Gasteiger partial charge is 0.307 e. The summed E-state index contributed by atoms with van der Waals surface area (Å²) < 4.78 is 6.71. The van der Waals surface area contributed by atoms with Crippen molar-refractivity contribution < 1.29 is 19.4 Å². The van der Waals surface area contributed by atoms with Crippen molar-refractivity contribution in [2.24, 2.45) is 0 Å². The first-order chi connectivity index (χ1) is 12.3. The molecule has 1 heterocycles. The zero-order valence-corrected chi connectivity index (χ0v) is 15.6. The van der Waals surface area contributed by atoms with Crippen molar-refractivity contribution in [1.82, 2.24) is 4.57 Å². The maximum atomic E-state index is 13.1. The van der Waals surface area contributed by atoms with Crippen LogP contribution in [0.3, 0.4) is 0 Å². The number of carbonyl (C=O) groups excluding carboxylic acids is 1. The second-order valence-corrected chi connectivity index (χ2v) is 6.63. The Kier molecular flexibility index (Phi) is 4.94. The maximum Gasteiger partial charge on any atom is 0.307 e. The normalized spacial score (nSPS) is 10.9. The lowest BCUT2D eigenvalue weighted by molar-refractivity contribution is -0.136. The summed E-state index contributed by atoms with van der Waals surface area (Å²) in [7, 11) is 1.48. The predicted octanol–water partition coefficient (Wildman–Crippen LogP) is 4.58. The van der Waals surface area contributed by atoms with Crippen LogP contribution in [0.2, 0.25) is 10.0 Å². The number of carboxylic acid groups (broad SMARTS) is 1. The highest BCUT2D eigenvalue weighted by atomic mass is 35.5. The highest BCUT2D eigenvalue weighted by molar-refractivity contribution is 6.33. The molecule has 26 heavy (non-hydrogen) atoms. The molecule has 0 bridgehead atoms. The van der Waals surface area contributed by atoms with Crippen LogP contribution in [0.15, 0.2) is 36.4 Å². The van der Waals surface area contributed by atoms with E-state index in [0.29, 0.717) is 43.5 Å². The van der Waals surface area contributed by atoms with E-state index in [4.69, 9.17) is 27.9 Å². The highest BCUT2D eigenvalue weighted by Crippen LogP contribution is 2.35. The fourth-order valence-corrected chi connectivity index (χ4v) is 3.36. The van der Waals surface area contributed by atoms with Crippen molar-refractivity contribution in [3.8, 4) is 5.75 Å². The van der Waals surface area contributed by atoms with Crippen LogP contribution in [0.25, 0.3) is 10.9 Å². The first-order valence-corrected chi connectivity index (χ1v) is 8.48. The number of aliphatic carboxylic acids is 1. The van der Waals surface area contributed by atoms with Crippen molar-refractivity contribution in [2.75, 3.05) is 7.11 Å². The molecule has 0 aliphatic heterocycles. The number of carbonyl (C=O) groups is 2. The Morgan fingerprint density at radius 1 is 1.15 bits per heavy atom. The van der Waals surface area contributed by atoms with Gasteiger partial charge in [0.25, 0.3) is 5.91 Å². The quantitative estimate of drug-likeness (QED) is 0.706. The molecular weight excluding hydrogens is 377 g/mol. The van der Waals surface area contributed by atoms with Gasteiger partial charge in [-0.05, 0) is 48.9 Å². The molecule has 5 nitrogen and oxygen atoms in total. The van der Waals surface area contributed by atoms with E-state index in [0.717, 1.165) is 0 Å². The van der Waals surface area contributed by atoms with Crippen LogP contribution in [-0.4, -0.2) is 28.7 Å². The second kappa shape index (κ2) is 7.02. The van der Waals surface area contributed by atoms with E-state index in [-0.39, 0.29) is 12.3 Å². The molecule has 3 aromatic rings. The topological polar surface area (TPSA) is 68.5 Å². The summed E-state index contributed by atoms with van der Waals surface area (Å²) in [5.41, 5.74) is 2.06. The van der Waals surface area contributed by atoms with Crippen LogP contribution in [0.4, 0.5) is 0 Å². The van der Waals surface area contributed by atoms with Crippen LogP contribution in [0.5, 0.6) is 5.75 Å². The van der Waals surface area contributed by atoms with E-state index in [1.165, 1.54) is 11.7 Å². The Labute approximate surface area is 159 Å². The summed E-state index contributed by atoms with van der Waals surface area (Å²) in [5.74, 6) is -0.857. The van der Waals surface area contributed by atoms with Gasteiger partial charge in [0.15, 0.2) is 0 Å². The van der Waals surface area contributed by atoms with Crippen molar-refractivity contribution in [2.45, 2.75) is 13.3 Å². The number of carboxylic acids is 1. The number of nitrogens with zero attached hydrogens (tertiary/aromatic N) is 1. The highest BCUT2D eigenvalue weighted by Gasteiger charge is 2.22. The van der Waals surface area contributed by atoms with E-state index in [9.17, 15) is 14.7 Å². The van der Waals surface area contributed by atoms with Gasteiger partial charge in [0.05, 0.1) is 24.1 Å². The Morgan fingerprint density at radius 2 is 1.81 bits per heavy atom. The molecule has 0 aliphatic carbocycles. The zero-order chi connectivity index (χ0) is 19.0. The molecule has 3 rings (SSSR count). The molecule has 0 amide bonds. The summed E-state index contributed by atoms with van der Waals surface area (Å²) in [6, 6.07) is 9.78.